The van der Waals surface area contributed by atoms with Gasteiger partial charge in [-0.05, 0) is 38.2 Å². The summed E-state index contributed by atoms with van der Waals surface area (Å²) in [5.74, 6) is 1.68. The quantitative estimate of drug-likeness (QED) is 0.773. The fourth-order valence-corrected chi connectivity index (χ4v) is 1.95. The zero-order chi connectivity index (χ0) is 11.5. The molecule has 1 aromatic rings. The maximum absolute atomic E-state index is 8.81. The Morgan fingerprint density at radius 1 is 1.38 bits per heavy atom. The molecule has 84 valence electrons. The van der Waals surface area contributed by atoms with Crippen LogP contribution < -0.4 is 4.74 Å². The van der Waals surface area contributed by atoms with E-state index < -0.39 is 0 Å². The molecule has 0 bridgehead atoms. The predicted octanol–water partition coefficient (Wildman–Crippen LogP) is 3.16. The van der Waals surface area contributed by atoms with E-state index in [9.17, 15) is 0 Å². The number of hydrogen-bond donors (Lipinski definition) is 0. The highest BCUT2D eigenvalue weighted by molar-refractivity contribution is 5.45. The normalized spacial score (nSPS) is 14.6. The topological polar surface area (TPSA) is 33.0 Å². The van der Waals surface area contributed by atoms with E-state index in [0.717, 1.165) is 29.4 Å². The van der Waals surface area contributed by atoms with Crippen LogP contribution in [0.4, 0.5) is 0 Å². The summed E-state index contributed by atoms with van der Waals surface area (Å²) >= 11 is 0. The molecule has 2 rings (SSSR count). The van der Waals surface area contributed by atoms with Gasteiger partial charge in [-0.15, -0.1) is 0 Å². The summed E-state index contributed by atoms with van der Waals surface area (Å²) in [6.45, 7) is 4.91. The minimum Gasteiger partial charge on any atom is -0.493 e. The maximum Gasteiger partial charge on any atom is 0.126 e. The number of ether oxygens (including phenoxy) is 1. The molecule has 1 aromatic carbocycles. The van der Waals surface area contributed by atoms with E-state index >= 15 is 0 Å². The first kappa shape index (κ1) is 11.0. The van der Waals surface area contributed by atoms with E-state index in [0.29, 0.717) is 6.42 Å². The second kappa shape index (κ2) is 4.57. The first-order valence-electron chi connectivity index (χ1n) is 5.80. The summed E-state index contributed by atoms with van der Waals surface area (Å²) in [6, 6.07) is 6.37. The molecule has 0 radical (unpaired) electrons. The van der Waals surface area contributed by atoms with Crippen molar-refractivity contribution in [3.8, 4) is 11.8 Å². The predicted molar refractivity (Wildman–Crippen MR) is 63.5 cm³/mol. The van der Waals surface area contributed by atoms with E-state index in [1.807, 2.05) is 0 Å². The lowest BCUT2D eigenvalue weighted by Crippen LogP contribution is -2.04. The monoisotopic (exact) mass is 215 g/mol. The largest absolute Gasteiger partial charge is 0.493 e. The van der Waals surface area contributed by atoms with E-state index in [4.69, 9.17) is 10.00 Å². The molecule has 0 spiro atoms. The van der Waals surface area contributed by atoms with Crippen molar-refractivity contribution in [2.45, 2.75) is 33.1 Å². The Kier molecular flexibility index (Phi) is 3.14. The Morgan fingerprint density at radius 3 is 2.75 bits per heavy atom. The zero-order valence-electron chi connectivity index (χ0n) is 9.92. The highest BCUT2D eigenvalue weighted by Gasteiger charge is 2.22. The number of nitrogens with zero attached hydrogens (tertiary/aromatic N) is 1. The van der Waals surface area contributed by atoms with Gasteiger partial charge < -0.3 is 4.74 Å². The Morgan fingerprint density at radius 2 is 2.12 bits per heavy atom. The number of nitriles is 1. The van der Waals surface area contributed by atoms with Crippen molar-refractivity contribution >= 4 is 0 Å². The Labute approximate surface area is 96.9 Å². The van der Waals surface area contributed by atoms with Gasteiger partial charge in [0.1, 0.15) is 5.75 Å². The van der Waals surface area contributed by atoms with Gasteiger partial charge >= 0.3 is 0 Å². The maximum atomic E-state index is 8.81. The van der Waals surface area contributed by atoms with Crippen LogP contribution in [-0.2, 0) is 6.42 Å². The Hall–Kier alpha value is -1.49. The molecule has 16 heavy (non-hydrogen) atoms. The molecule has 0 unspecified atom stereocenters. The van der Waals surface area contributed by atoms with Crippen molar-refractivity contribution in [2.75, 3.05) is 6.61 Å². The summed E-state index contributed by atoms with van der Waals surface area (Å²) in [4.78, 5) is 0. The summed E-state index contributed by atoms with van der Waals surface area (Å²) < 4.78 is 5.85. The van der Waals surface area contributed by atoms with Crippen LogP contribution in [0.5, 0.6) is 5.75 Å². The summed E-state index contributed by atoms with van der Waals surface area (Å²) in [7, 11) is 0. The molecular weight excluding hydrogens is 198 g/mol. The average molecular weight is 215 g/mol. The number of aryl methyl sites for hydroxylation is 2. The molecule has 2 nitrogen and oxygen atoms in total. The molecule has 1 aliphatic rings. The molecule has 0 atom stereocenters. The van der Waals surface area contributed by atoms with E-state index in [1.54, 1.807) is 0 Å². The zero-order valence-corrected chi connectivity index (χ0v) is 9.92. The molecule has 0 heterocycles. The third-order valence-electron chi connectivity index (χ3n) is 2.93. The molecule has 0 aliphatic heterocycles. The third kappa shape index (κ3) is 2.55. The molecule has 1 aliphatic carbocycles. The minimum atomic E-state index is 0.433. The van der Waals surface area contributed by atoms with Crippen molar-refractivity contribution < 1.29 is 4.74 Å². The smallest absolute Gasteiger partial charge is 0.126 e. The fraction of sp³-hybridized carbons (Fsp3) is 0.500. The van der Waals surface area contributed by atoms with Crippen LogP contribution in [0.25, 0.3) is 0 Å². The lowest BCUT2D eigenvalue weighted by atomic mass is 10.0. The van der Waals surface area contributed by atoms with Crippen molar-refractivity contribution in [1.82, 2.24) is 0 Å². The van der Waals surface area contributed by atoms with E-state index in [-0.39, 0.29) is 0 Å². The second-order valence-electron chi connectivity index (χ2n) is 4.66. The van der Waals surface area contributed by atoms with Crippen molar-refractivity contribution in [3.05, 3.63) is 28.8 Å². The Balaban J connectivity index is 2.21. The van der Waals surface area contributed by atoms with Gasteiger partial charge in [0.15, 0.2) is 0 Å². The van der Waals surface area contributed by atoms with Crippen molar-refractivity contribution in [1.29, 1.82) is 5.26 Å². The van der Waals surface area contributed by atoms with Gasteiger partial charge in [-0.25, -0.2) is 0 Å². The molecule has 0 aromatic heterocycles. The SMILES string of the molecule is Cc1cc(C)c(OCC2CC2)c(CC#N)c1. The number of hydrogen-bond acceptors (Lipinski definition) is 2. The fourth-order valence-electron chi connectivity index (χ4n) is 1.95. The number of benzene rings is 1. The lowest BCUT2D eigenvalue weighted by molar-refractivity contribution is 0.295. The van der Waals surface area contributed by atoms with Gasteiger partial charge in [0.2, 0.25) is 0 Å². The highest BCUT2D eigenvalue weighted by atomic mass is 16.5. The molecule has 0 amide bonds. The van der Waals surface area contributed by atoms with Crippen LogP contribution in [0, 0.1) is 31.1 Å². The van der Waals surface area contributed by atoms with Gasteiger partial charge in [-0.2, -0.15) is 5.26 Å². The van der Waals surface area contributed by atoms with Crippen LogP contribution >= 0.6 is 0 Å². The first-order chi connectivity index (χ1) is 7.70. The van der Waals surface area contributed by atoms with Gasteiger partial charge in [0.25, 0.3) is 0 Å². The van der Waals surface area contributed by atoms with Crippen LogP contribution in [0.3, 0.4) is 0 Å². The van der Waals surface area contributed by atoms with E-state index in [1.165, 1.54) is 18.4 Å². The molecule has 1 fully saturated rings. The third-order valence-corrected chi connectivity index (χ3v) is 2.93. The Bertz CT molecular complexity index is 427. The van der Waals surface area contributed by atoms with E-state index in [2.05, 4.69) is 32.0 Å². The standard InChI is InChI=1S/C14H17NO/c1-10-7-11(2)14(13(8-10)5-6-15)16-9-12-3-4-12/h7-8,12H,3-5,9H2,1-2H3. The molecule has 2 heteroatoms. The molecule has 1 saturated carbocycles. The van der Waals surface area contributed by atoms with Gasteiger partial charge in [0, 0.05) is 5.56 Å². The molecular formula is C14H17NO. The second-order valence-corrected chi connectivity index (χ2v) is 4.66. The highest BCUT2D eigenvalue weighted by Crippen LogP contribution is 2.32. The van der Waals surface area contributed by atoms with Crippen LogP contribution in [0.2, 0.25) is 0 Å². The summed E-state index contributed by atoms with van der Waals surface area (Å²) in [5, 5.41) is 8.81. The summed E-state index contributed by atoms with van der Waals surface area (Å²) in [6.07, 6.45) is 3.01. The minimum absolute atomic E-state index is 0.433. The van der Waals surface area contributed by atoms with Gasteiger partial charge in [-0.3, -0.25) is 0 Å². The molecule has 0 N–H and O–H groups in total. The van der Waals surface area contributed by atoms with Crippen LogP contribution in [0.15, 0.2) is 12.1 Å². The van der Waals surface area contributed by atoms with Crippen LogP contribution in [-0.4, -0.2) is 6.61 Å². The van der Waals surface area contributed by atoms with Gasteiger partial charge in [0.05, 0.1) is 19.1 Å². The molecule has 0 saturated heterocycles. The summed E-state index contributed by atoms with van der Waals surface area (Å²) in [5.41, 5.74) is 3.37. The lowest BCUT2D eigenvalue weighted by Gasteiger charge is -2.13. The van der Waals surface area contributed by atoms with Crippen LogP contribution in [0.1, 0.15) is 29.5 Å². The van der Waals surface area contributed by atoms with Gasteiger partial charge in [-0.1, -0.05) is 17.7 Å². The average Bonchev–Trinajstić information content (AvgIpc) is 3.00. The van der Waals surface area contributed by atoms with Crippen molar-refractivity contribution in [2.24, 2.45) is 5.92 Å². The first-order valence-corrected chi connectivity index (χ1v) is 5.80. The number of rotatable bonds is 4. The van der Waals surface area contributed by atoms with Crippen molar-refractivity contribution in [3.63, 3.8) is 0 Å².